The summed E-state index contributed by atoms with van der Waals surface area (Å²) >= 11 is 0. The smallest absolute Gasteiger partial charge is 0.203 e. The van der Waals surface area contributed by atoms with E-state index >= 15 is 0 Å². The summed E-state index contributed by atoms with van der Waals surface area (Å²) in [5, 5.41) is 0. The van der Waals surface area contributed by atoms with Crippen LogP contribution in [0.2, 0.25) is 0 Å². The molecule has 0 atom stereocenters. The Balaban J connectivity index is 1.59. The van der Waals surface area contributed by atoms with E-state index < -0.39 is 12.2 Å². The molecule has 0 amide bonds. The molecule has 0 radical (unpaired) electrons. The van der Waals surface area contributed by atoms with Gasteiger partial charge in [-0.15, -0.1) is 0 Å². The highest BCUT2D eigenvalue weighted by Gasteiger charge is 2.58. The zero-order valence-corrected chi connectivity index (χ0v) is 29.7. The van der Waals surface area contributed by atoms with Gasteiger partial charge in [0.1, 0.15) is 12.2 Å². The van der Waals surface area contributed by atoms with Crippen molar-refractivity contribution in [1.29, 1.82) is 0 Å². The van der Waals surface area contributed by atoms with Gasteiger partial charge >= 0.3 is 0 Å². The summed E-state index contributed by atoms with van der Waals surface area (Å²) in [7, 11) is 12.6. The quantitative estimate of drug-likeness (QED) is 0.111. The second-order valence-corrected chi connectivity index (χ2v) is 11.7. The molecule has 1 fully saturated rings. The van der Waals surface area contributed by atoms with Crippen LogP contribution in [0, 0.1) is 27.7 Å². The molecule has 0 bridgehead atoms. The molecule has 1 aliphatic rings. The highest BCUT2D eigenvalue weighted by Crippen LogP contribution is 2.55. The van der Waals surface area contributed by atoms with E-state index in [1.807, 2.05) is 38.1 Å². The zero-order chi connectivity index (χ0) is 34.9. The van der Waals surface area contributed by atoms with Crippen LogP contribution >= 0.6 is 0 Å². The number of benzene rings is 2. The maximum absolute atomic E-state index is 6.03. The van der Waals surface area contributed by atoms with E-state index in [1.165, 1.54) is 14.2 Å². The van der Waals surface area contributed by atoms with Gasteiger partial charge in [0.2, 0.25) is 11.5 Å². The lowest BCUT2D eigenvalue weighted by atomic mass is 9.64. The van der Waals surface area contributed by atoms with Crippen LogP contribution in [0.25, 0.3) is 22.3 Å². The summed E-state index contributed by atoms with van der Waals surface area (Å²) in [6, 6.07) is 7.78. The van der Waals surface area contributed by atoms with Crippen LogP contribution in [-0.4, -0.2) is 79.1 Å². The maximum atomic E-state index is 6.03. The molecule has 260 valence electrons. The van der Waals surface area contributed by atoms with Crippen LogP contribution < -0.4 is 28.4 Å². The molecular formula is C36H46N2O10. The number of aromatic nitrogens is 2. The van der Waals surface area contributed by atoms with Gasteiger partial charge in [-0.25, -0.2) is 19.6 Å². The summed E-state index contributed by atoms with van der Waals surface area (Å²) in [4.78, 5) is 30.0. The third-order valence-electron chi connectivity index (χ3n) is 9.36. The van der Waals surface area contributed by atoms with Gasteiger partial charge in [0.25, 0.3) is 0 Å². The van der Waals surface area contributed by atoms with E-state index in [-0.39, 0.29) is 11.8 Å². The number of ether oxygens (including phenoxy) is 6. The topological polar surface area (TPSA) is 124 Å². The van der Waals surface area contributed by atoms with Gasteiger partial charge in [-0.1, -0.05) is 0 Å². The molecule has 2 N–H and O–H groups in total. The van der Waals surface area contributed by atoms with Crippen molar-refractivity contribution in [3.63, 3.8) is 0 Å². The number of methoxy groups -OCH3 is 6. The minimum atomic E-state index is -0.427. The van der Waals surface area contributed by atoms with Gasteiger partial charge in [0.05, 0.1) is 68.7 Å². The normalized spacial score (nSPS) is 18.8. The SMILES string of the molecule is COOC1C(c2[nH]c(C)c(-c3cc(OC)c(OC)c(OC)c3)c2C)C(OOC)C1c1[nH]c(C)c(-c2cc(OC)c(OC)c(OC)c2)c1C. The summed E-state index contributed by atoms with van der Waals surface area (Å²) in [6.07, 6.45) is -0.853. The average Bonchev–Trinajstić information content (AvgIpc) is 3.54. The Labute approximate surface area is 281 Å². The lowest BCUT2D eigenvalue weighted by Crippen LogP contribution is -2.55. The fourth-order valence-corrected chi connectivity index (χ4v) is 7.33. The van der Waals surface area contributed by atoms with Crippen LogP contribution in [0.1, 0.15) is 45.7 Å². The van der Waals surface area contributed by atoms with E-state index in [4.69, 9.17) is 48.0 Å². The Morgan fingerprint density at radius 1 is 0.458 bits per heavy atom. The summed E-state index contributed by atoms with van der Waals surface area (Å²) < 4.78 is 33.7. The lowest BCUT2D eigenvalue weighted by Gasteiger charge is -2.48. The molecule has 1 aliphatic carbocycles. The summed E-state index contributed by atoms with van der Waals surface area (Å²) in [5.41, 5.74) is 9.72. The van der Waals surface area contributed by atoms with Gasteiger partial charge < -0.3 is 38.4 Å². The fraction of sp³-hybridized carbons (Fsp3) is 0.444. The first-order chi connectivity index (χ1) is 23.1. The molecule has 2 aromatic heterocycles. The van der Waals surface area contributed by atoms with Crippen molar-refractivity contribution in [2.75, 3.05) is 56.9 Å². The van der Waals surface area contributed by atoms with Gasteiger partial charge in [-0.3, -0.25) is 0 Å². The van der Waals surface area contributed by atoms with Crippen molar-refractivity contribution in [3.05, 3.63) is 58.2 Å². The molecule has 2 aromatic carbocycles. The van der Waals surface area contributed by atoms with E-state index in [0.717, 1.165) is 56.2 Å². The van der Waals surface area contributed by atoms with Crippen molar-refractivity contribution in [3.8, 4) is 56.8 Å². The van der Waals surface area contributed by atoms with Gasteiger partial charge in [0.15, 0.2) is 23.0 Å². The summed E-state index contributed by atoms with van der Waals surface area (Å²) in [5.74, 6) is 2.80. The van der Waals surface area contributed by atoms with Crippen molar-refractivity contribution >= 4 is 0 Å². The predicted molar refractivity (Wildman–Crippen MR) is 180 cm³/mol. The molecule has 12 heteroatoms. The largest absolute Gasteiger partial charge is 0.493 e. The molecule has 0 saturated heterocycles. The number of rotatable bonds is 14. The molecule has 12 nitrogen and oxygen atoms in total. The molecule has 4 aromatic rings. The predicted octanol–water partition coefficient (Wildman–Crippen LogP) is 6.74. The first kappa shape index (κ1) is 35.0. The Kier molecular flexibility index (Phi) is 10.5. The van der Waals surface area contributed by atoms with E-state index in [0.29, 0.717) is 34.5 Å². The molecule has 5 rings (SSSR count). The average molecular weight is 667 g/mol. The Hall–Kier alpha value is -4.36. The highest BCUT2D eigenvalue weighted by molar-refractivity contribution is 5.78. The molecule has 48 heavy (non-hydrogen) atoms. The van der Waals surface area contributed by atoms with Crippen molar-refractivity contribution < 1.29 is 48.0 Å². The third kappa shape index (κ3) is 5.72. The van der Waals surface area contributed by atoms with Crippen LogP contribution in [0.3, 0.4) is 0 Å². The fourth-order valence-electron chi connectivity index (χ4n) is 7.33. The number of aromatic amines is 2. The first-order valence-corrected chi connectivity index (χ1v) is 15.5. The van der Waals surface area contributed by atoms with Gasteiger partial charge in [0, 0.05) is 33.9 Å². The molecule has 1 saturated carbocycles. The maximum Gasteiger partial charge on any atom is 0.203 e. The molecule has 0 spiro atoms. The van der Waals surface area contributed by atoms with Crippen LogP contribution in [0.5, 0.6) is 34.5 Å². The molecule has 2 heterocycles. The number of H-pyrrole nitrogens is 2. The number of aryl methyl sites for hydroxylation is 2. The minimum Gasteiger partial charge on any atom is -0.493 e. The highest BCUT2D eigenvalue weighted by atomic mass is 17.2. The van der Waals surface area contributed by atoms with E-state index in [9.17, 15) is 0 Å². The monoisotopic (exact) mass is 666 g/mol. The third-order valence-corrected chi connectivity index (χ3v) is 9.36. The summed E-state index contributed by atoms with van der Waals surface area (Å²) in [6.45, 7) is 8.22. The Bertz CT molecular complexity index is 1570. The van der Waals surface area contributed by atoms with Crippen molar-refractivity contribution in [2.45, 2.75) is 51.7 Å². The van der Waals surface area contributed by atoms with Crippen LogP contribution in [-0.2, 0) is 19.6 Å². The molecule has 0 aliphatic heterocycles. The Morgan fingerprint density at radius 3 is 1.02 bits per heavy atom. The number of hydrogen-bond acceptors (Lipinski definition) is 10. The second kappa shape index (κ2) is 14.4. The Morgan fingerprint density at radius 2 is 0.771 bits per heavy atom. The van der Waals surface area contributed by atoms with E-state index in [1.54, 1.807) is 42.7 Å². The van der Waals surface area contributed by atoms with Crippen LogP contribution in [0.15, 0.2) is 24.3 Å². The zero-order valence-electron chi connectivity index (χ0n) is 29.7. The number of hydrogen-bond donors (Lipinski definition) is 2. The van der Waals surface area contributed by atoms with E-state index in [2.05, 4.69) is 23.8 Å². The second-order valence-electron chi connectivity index (χ2n) is 11.7. The first-order valence-electron chi connectivity index (χ1n) is 15.5. The lowest BCUT2D eigenvalue weighted by molar-refractivity contribution is -0.390. The van der Waals surface area contributed by atoms with Gasteiger partial charge in [-0.05, 0) is 74.2 Å². The number of nitrogens with one attached hydrogen (secondary N) is 2. The minimum absolute atomic E-state index is 0.267. The molecule has 0 unspecified atom stereocenters. The standard InChI is InChI=1S/C36H46N2O10/c1-17-27(21-13-23(39-5)33(43-9)24(14-21)40-6)19(3)37-31(17)29-35(47-45-11)30(36(29)48-46-12)32-18(2)28(20(4)38-32)22-15-25(41-7)34(44-10)26(16-22)42-8/h13-16,29-30,35-38H,1-12H3. The molecular weight excluding hydrogens is 620 g/mol. The van der Waals surface area contributed by atoms with Crippen molar-refractivity contribution in [1.82, 2.24) is 9.97 Å². The van der Waals surface area contributed by atoms with Crippen LogP contribution in [0.4, 0.5) is 0 Å². The van der Waals surface area contributed by atoms with Crippen molar-refractivity contribution in [2.24, 2.45) is 0 Å². The van der Waals surface area contributed by atoms with Gasteiger partial charge in [-0.2, -0.15) is 0 Å².